The second-order valence-electron chi connectivity index (χ2n) is 11.5. The highest BCUT2D eigenvalue weighted by atomic mass is 32.2. The highest BCUT2D eigenvalue weighted by Gasteiger charge is 2.35. The molecule has 0 spiro atoms. The van der Waals surface area contributed by atoms with Gasteiger partial charge in [-0.2, -0.15) is 5.10 Å². The Morgan fingerprint density at radius 3 is 2.28 bits per heavy atom. The standard InChI is InChI=1S/C33H45F2N5O5S/c1-4-8-28(9-5-2)46(43,44)21-30(40-32(41)25-18-38-39-19-25)33(42)45-31(20-37-17-23-11-7-10-22(6-3)12-23)29(36)15-24-13-26(34)16-27(35)14-24/h7,10-14,16,18-19,28-31,37H,4-6,8-9,15,17,20-21,36H2,1-3H3,(H,38,39)(H,40,41)/t29-,30?,31+/m0/s1. The molecule has 0 bridgehead atoms. The van der Waals surface area contributed by atoms with Crippen LogP contribution in [0.25, 0.3) is 0 Å². The number of rotatable bonds is 19. The summed E-state index contributed by atoms with van der Waals surface area (Å²) >= 11 is 0. The molecule has 252 valence electrons. The average molecular weight is 662 g/mol. The molecule has 0 fully saturated rings. The van der Waals surface area contributed by atoms with E-state index in [1.807, 2.05) is 45.0 Å². The molecule has 3 aromatic rings. The van der Waals surface area contributed by atoms with Crippen molar-refractivity contribution in [2.45, 2.75) is 89.3 Å². The SMILES string of the molecule is CCCC(CCC)S(=O)(=O)CC(NC(=O)c1cn[nH]c1)C(=O)O[C@H](CNCc1cccc(CC)c1)[C@@H](N)Cc1cc(F)cc(F)c1. The Labute approximate surface area is 269 Å². The van der Waals surface area contributed by atoms with E-state index in [0.29, 0.717) is 32.2 Å². The van der Waals surface area contributed by atoms with Crippen LogP contribution in [0.5, 0.6) is 0 Å². The first-order valence-electron chi connectivity index (χ1n) is 15.7. The quantitative estimate of drug-likeness (QED) is 0.141. The lowest BCUT2D eigenvalue weighted by Gasteiger charge is -2.28. The Bertz CT molecular complexity index is 1490. The predicted octanol–water partition coefficient (Wildman–Crippen LogP) is 4.00. The molecule has 5 N–H and O–H groups in total. The zero-order valence-electron chi connectivity index (χ0n) is 26.6. The van der Waals surface area contributed by atoms with Gasteiger partial charge in [0.25, 0.3) is 5.91 Å². The van der Waals surface area contributed by atoms with Crippen molar-refractivity contribution in [1.82, 2.24) is 20.8 Å². The third kappa shape index (κ3) is 11.3. The number of ether oxygens (including phenoxy) is 1. The molecular weight excluding hydrogens is 616 g/mol. The third-order valence-corrected chi connectivity index (χ3v) is 9.98. The summed E-state index contributed by atoms with van der Waals surface area (Å²) in [7, 11) is -3.85. The van der Waals surface area contributed by atoms with E-state index in [0.717, 1.165) is 35.7 Å². The Morgan fingerprint density at radius 2 is 1.67 bits per heavy atom. The van der Waals surface area contributed by atoms with Crippen molar-refractivity contribution >= 4 is 21.7 Å². The van der Waals surface area contributed by atoms with E-state index in [-0.39, 0.29) is 24.1 Å². The number of esters is 1. The van der Waals surface area contributed by atoms with Crippen LogP contribution in [0.1, 0.15) is 73.5 Å². The number of benzene rings is 2. The molecule has 13 heteroatoms. The lowest BCUT2D eigenvalue weighted by atomic mass is 10.0. The van der Waals surface area contributed by atoms with Crippen LogP contribution in [-0.2, 0) is 38.8 Å². The molecule has 0 aliphatic carbocycles. The number of nitrogens with two attached hydrogens (primary N) is 1. The molecule has 0 aliphatic rings. The minimum absolute atomic E-state index is 0.0426. The van der Waals surface area contributed by atoms with E-state index in [1.165, 1.54) is 12.4 Å². The van der Waals surface area contributed by atoms with Gasteiger partial charge in [-0.05, 0) is 54.5 Å². The van der Waals surface area contributed by atoms with Gasteiger partial charge in [-0.25, -0.2) is 22.0 Å². The summed E-state index contributed by atoms with van der Waals surface area (Å²) in [6.07, 6.45) is 4.41. The van der Waals surface area contributed by atoms with Gasteiger partial charge in [0.05, 0.1) is 22.8 Å². The van der Waals surface area contributed by atoms with Gasteiger partial charge in [-0.3, -0.25) is 9.89 Å². The average Bonchev–Trinajstić information content (AvgIpc) is 3.55. The normalized spacial score (nSPS) is 13.7. The maximum atomic E-state index is 13.9. The van der Waals surface area contributed by atoms with Crippen LogP contribution >= 0.6 is 0 Å². The number of aromatic nitrogens is 2. The van der Waals surface area contributed by atoms with E-state index >= 15 is 0 Å². The number of carbonyl (C=O) groups excluding carboxylic acids is 2. The Kier molecular flexibility index (Phi) is 14.3. The first-order chi connectivity index (χ1) is 21.9. The summed E-state index contributed by atoms with van der Waals surface area (Å²) in [6.45, 7) is 6.27. The fraction of sp³-hybridized carbons (Fsp3) is 0.485. The van der Waals surface area contributed by atoms with Gasteiger partial charge in [0.15, 0.2) is 9.84 Å². The van der Waals surface area contributed by atoms with Crippen molar-refractivity contribution in [2.75, 3.05) is 12.3 Å². The molecule has 0 saturated heterocycles. The molecule has 0 radical (unpaired) electrons. The molecule has 1 aromatic heterocycles. The Hall–Kier alpha value is -3.68. The number of aryl methyl sites for hydroxylation is 1. The molecule has 3 atom stereocenters. The number of hydrogen-bond acceptors (Lipinski definition) is 8. The van der Waals surface area contributed by atoms with E-state index in [2.05, 4.69) is 20.8 Å². The number of amides is 1. The van der Waals surface area contributed by atoms with Gasteiger partial charge in [0.1, 0.15) is 23.8 Å². The maximum absolute atomic E-state index is 13.9. The van der Waals surface area contributed by atoms with Crippen molar-refractivity contribution in [3.8, 4) is 0 Å². The maximum Gasteiger partial charge on any atom is 0.330 e. The van der Waals surface area contributed by atoms with Crippen molar-refractivity contribution in [3.63, 3.8) is 0 Å². The van der Waals surface area contributed by atoms with Crippen LogP contribution < -0.4 is 16.4 Å². The largest absolute Gasteiger partial charge is 0.458 e. The number of carbonyl (C=O) groups is 2. The van der Waals surface area contributed by atoms with Crippen molar-refractivity contribution in [3.05, 3.63) is 88.7 Å². The van der Waals surface area contributed by atoms with Crippen molar-refractivity contribution < 1.29 is 31.5 Å². The zero-order chi connectivity index (χ0) is 33.7. The fourth-order valence-electron chi connectivity index (χ4n) is 5.26. The van der Waals surface area contributed by atoms with Crippen LogP contribution in [0.4, 0.5) is 8.78 Å². The lowest BCUT2D eigenvalue weighted by Crippen LogP contribution is -2.52. The highest BCUT2D eigenvalue weighted by Crippen LogP contribution is 2.18. The molecule has 46 heavy (non-hydrogen) atoms. The predicted molar refractivity (Wildman–Crippen MR) is 173 cm³/mol. The Balaban J connectivity index is 1.86. The van der Waals surface area contributed by atoms with Crippen LogP contribution in [0.2, 0.25) is 0 Å². The van der Waals surface area contributed by atoms with E-state index < -0.39 is 62.5 Å². The molecule has 3 rings (SSSR count). The summed E-state index contributed by atoms with van der Waals surface area (Å²) in [6, 6.07) is 8.49. The van der Waals surface area contributed by atoms with Crippen molar-refractivity contribution in [2.24, 2.45) is 5.73 Å². The van der Waals surface area contributed by atoms with Gasteiger partial charge in [0, 0.05) is 31.4 Å². The monoisotopic (exact) mass is 661 g/mol. The summed E-state index contributed by atoms with van der Waals surface area (Å²) in [5, 5.41) is 11.3. The minimum atomic E-state index is -3.85. The summed E-state index contributed by atoms with van der Waals surface area (Å²) < 4.78 is 60.7. The van der Waals surface area contributed by atoms with Gasteiger partial charge < -0.3 is 21.1 Å². The molecule has 10 nitrogen and oxygen atoms in total. The number of nitrogens with zero attached hydrogens (tertiary/aromatic N) is 1. The van der Waals surface area contributed by atoms with Gasteiger partial charge in [0.2, 0.25) is 0 Å². The Morgan fingerprint density at radius 1 is 1.00 bits per heavy atom. The van der Waals surface area contributed by atoms with Crippen LogP contribution in [0.15, 0.2) is 54.9 Å². The highest BCUT2D eigenvalue weighted by molar-refractivity contribution is 7.92. The molecule has 1 amide bonds. The summed E-state index contributed by atoms with van der Waals surface area (Å²) in [5.41, 5.74) is 8.97. The van der Waals surface area contributed by atoms with Gasteiger partial charge >= 0.3 is 5.97 Å². The second-order valence-corrected chi connectivity index (χ2v) is 13.8. The summed E-state index contributed by atoms with van der Waals surface area (Å²) in [4.78, 5) is 26.7. The first-order valence-corrected chi connectivity index (χ1v) is 17.4. The summed E-state index contributed by atoms with van der Waals surface area (Å²) in [5.74, 6) is -3.92. The second kappa shape index (κ2) is 17.9. The van der Waals surface area contributed by atoms with Gasteiger partial charge in [-0.15, -0.1) is 0 Å². The zero-order valence-corrected chi connectivity index (χ0v) is 27.4. The van der Waals surface area contributed by atoms with E-state index in [1.54, 1.807) is 0 Å². The van der Waals surface area contributed by atoms with E-state index in [9.17, 15) is 26.8 Å². The minimum Gasteiger partial charge on any atom is -0.458 e. The smallest absolute Gasteiger partial charge is 0.330 e. The van der Waals surface area contributed by atoms with Crippen molar-refractivity contribution in [1.29, 1.82) is 0 Å². The van der Waals surface area contributed by atoms with Gasteiger partial charge in [-0.1, -0.05) is 57.9 Å². The topological polar surface area (TPSA) is 156 Å². The molecule has 1 heterocycles. The number of H-pyrrole nitrogens is 1. The van der Waals surface area contributed by atoms with Crippen LogP contribution in [0, 0.1) is 11.6 Å². The lowest BCUT2D eigenvalue weighted by molar-refractivity contribution is -0.151. The number of nitrogens with one attached hydrogen (secondary N) is 3. The van der Waals surface area contributed by atoms with Crippen LogP contribution in [-0.4, -0.2) is 66.2 Å². The number of hydrogen-bond donors (Lipinski definition) is 4. The number of sulfone groups is 1. The fourth-order valence-corrected chi connectivity index (χ4v) is 7.41. The molecule has 2 aromatic carbocycles. The third-order valence-electron chi connectivity index (χ3n) is 7.69. The number of aromatic amines is 1. The molecule has 0 aliphatic heterocycles. The molecule has 0 saturated carbocycles. The molecule has 1 unspecified atom stereocenters. The first kappa shape index (κ1) is 36.8. The number of halogens is 2. The van der Waals surface area contributed by atoms with E-state index in [4.69, 9.17) is 10.5 Å². The molecular formula is C33H45F2N5O5S. The van der Waals surface area contributed by atoms with Crippen LogP contribution in [0.3, 0.4) is 0 Å².